The van der Waals surface area contributed by atoms with Crippen molar-refractivity contribution >= 4 is 5.82 Å². The Morgan fingerprint density at radius 3 is 2.74 bits per heavy atom. The molecule has 6 heteroatoms. The number of hydrogen-bond acceptors (Lipinski definition) is 6. The minimum atomic E-state index is 0.394. The maximum absolute atomic E-state index is 9.16. The van der Waals surface area contributed by atoms with E-state index in [4.69, 9.17) is 10.2 Å². The van der Waals surface area contributed by atoms with Crippen molar-refractivity contribution in [3.8, 4) is 17.2 Å². The monoisotopic (exact) mass is 356 g/mol. The van der Waals surface area contributed by atoms with Gasteiger partial charge in [-0.1, -0.05) is 0 Å². The third-order valence-electron chi connectivity index (χ3n) is 5.27. The molecule has 134 valence electrons. The lowest BCUT2D eigenvalue weighted by atomic mass is 9.98. The molecule has 4 heterocycles. The summed E-state index contributed by atoms with van der Waals surface area (Å²) in [6.07, 6.45) is 6.50. The Bertz CT molecular complexity index is 1070. The average Bonchev–Trinajstić information content (AvgIpc) is 2.69. The molecule has 3 aromatic rings. The molecule has 0 bridgehead atoms. The lowest BCUT2D eigenvalue weighted by molar-refractivity contribution is 0.692. The molecule has 0 fully saturated rings. The van der Waals surface area contributed by atoms with Crippen LogP contribution >= 0.6 is 0 Å². The molecule has 0 amide bonds. The summed E-state index contributed by atoms with van der Waals surface area (Å²) in [4.78, 5) is 11.1. The second-order valence-electron chi connectivity index (χ2n) is 6.93. The molecular weight excluding hydrogens is 336 g/mol. The third kappa shape index (κ3) is 3.02. The van der Waals surface area contributed by atoms with Crippen molar-refractivity contribution in [1.29, 1.82) is 5.26 Å². The van der Waals surface area contributed by atoms with Gasteiger partial charge in [-0.25, -0.2) is 0 Å². The zero-order chi connectivity index (χ0) is 19.0. The van der Waals surface area contributed by atoms with Gasteiger partial charge in [0.25, 0.3) is 0 Å². The van der Waals surface area contributed by atoms with Crippen LogP contribution in [0.25, 0.3) is 11.1 Å². The van der Waals surface area contributed by atoms with Crippen molar-refractivity contribution in [2.75, 3.05) is 11.4 Å². The molecule has 3 aromatic heterocycles. The fourth-order valence-electron chi connectivity index (χ4n) is 3.55. The van der Waals surface area contributed by atoms with E-state index in [0.717, 1.165) is 58.8 Å². The van der Waals surface area contributed by atoms with Crippen molar-refractivity contribution in [1.82, 2.24) is 20.2 Å². The van der Waals surface area contributed by atoms with E-state index in [1.54, 1.807) is 0 Å². The molecule has 1 aliphatic rings. The zero-order valence-corrected chi connectivity index (χ0v) is 15.7. The standard InChI is InChI=1S/C21H20N6/c1-13-10-23-6-4-18(13)16-8-17-12-27(7-5-19(17)24-11-16)21-15(3)14(2)20(9-22)25-26-21/h4,6,8,10-11H,5,7,12H2,1-3H3. The van der Waals surface area contributed by atoms with Crippen LogP contribution < -0.4 is 4.90 Å². The molecule has 0 unspecified atom stereocenters. The first kappa shape index (κ1) is 17.1. The maximum atomic E-state index is 9.16. The highest BCUT2D eigenvalue weighted by atomic mass is 15.3. The molecule has 0 aliphatic carbocycles. The number of rotatable bonds is 2. The highest BCUT2D eigenvalue weighted by Crippen LogP contribution is 2.29. The van der Waals surface area contributed by atoms with Crippen molar-refractivity contribution in [2.24, 2.45) is 0 Å². The highest BCUT2D eigenvalue weighted by molar-refractivity contribution is 5.67. The van der Waals surface area contributed by atoms with Crippen LogP contribution in [0.1, 0.15) is 33.6 Å². The predicted molar refractivity (Wildman–Crippen MR) is 103 cm³/mol. The number of fused-ring (bicyclic) bond motifs is 1. The highest BCUT2D eigenvalue weighted by Gasteiger charge is 2.22. The Labute approximate surface area is 158 Å². The van der Waals surface area contributed by atoms with Crippen molar-refractivity contribution < 1.29 is 0 Å². The van der Waals surface area contributed by atoms with E-state index in [0.29, 0.717) is 5.69 Å². The lowest BCUT2D eigenvalue weighted by Crippen LogP contribution is -2.32. The Morgan fingerprint density at radius 2 is 1.96 bits per heavy atom. The summed E-state index contributed by atoms with van der Waals surface area (Å²) < 4.78 is 0. The summed E-state index contributed by atoms with van der Waals surface area (Å²) >= 11 is 0. The molecular formula is C21H20N6. The van der Waals surface area contributed by atoms with E-state index in [1.165, 1.54) is 5.56 Å². The first-order valence-corrected chi connectivity index (χ1v) is 8.96. The number of aromatic nitrogens is 4. The molecule has 0 saturated heterocycles. The summed E-state index contributed by atoms with van der Waals surface area (Å²) in [6, 6.07) is 6.35. The SMILES string of the molecule is Cc1cnccc1-c1cnc2c(c1)CN(c1nnc(C#N)c(C)c1C)CC2. The number of nitrogens with zero attached hydrogens (tertiary/aromatic N) is 6. The quantitative estimate of drug-likeness (QED) is 0.701. The minimum absolute atomic E-state index is 0.394. The second kappa shape index (κ2) is 6.76. The first-order chi connectivity index (χ1) is 13.1. The number of nitriles is 1. The summed E-state index contributed by atoms with van der Waals surface area (Å²) in [5.41, 5.74) is 8.04. The van der Waals surface area contributed by atoms with Gasteiger partial charge in [0.15, 0.2) is 11.5 Å². The van der Waals surface area contributed by atoms with Crippen LogP contribution in [0.4, 0.5) is 5.82 Å². The second-order valence-corrected chi connectivity index (χ2v) is 6.93. The van der Waals surface area contributed by atoms with Gasteiger partial charge in [-0.05, 0) is 60.7 Å². The lowest BCUT2D eigenvalue weighted by Gasteiger charge is -2.30. The van der Waals surface area contributed by atoms with Crippen LogP contribution in [-0.4, -0.2) is 26.7 Å². The summed E-state index contributed by atoms with van der Waals surface area (Å²) in [5.74, 6) is 0.850. The van der Waals surface area contributed by atoms with Gasteiger partial charge < -0.3 is 4.90 Å². The Hall–Kier alpha value is -3.33. The van der Waals surface area contributed by atoms with Gasteiger partial charge in [-0.3, -0.25) is 9.97 Å². The van der Waals surface area contributed by atoms with Gasteiger partial charge in [0, 0.05) is 49.4 Å². The summed E-state index contributed by atoms with van der Waals surface area (Å²) in [6.45, 7) is 7.57. The predicted octanol–water partition coefficient (Wildman–Crippen LogP) is 3.29. The molecule has 0 atom stereocenters. The molecule has 4 rings (SSSR count). The van der Waals surface area contributed by atoms with E-state index < -0.39 is 0 Å². The molecule has 1 aliphatic heterocycles. The molecule has 0 N–H and O–H groups in total. The van der Waals surface area contributed by atoms with Crippen molar-refractivity contribution in [2.45, 2.75) is 33.7 Å². The summed E-state index contributed by atoms with van der Waals surface area (Å²) in [7, 11) is 0. The molecule has 0 aromatic carbocycles. The van der Waals surface area contributed by atoms with Gasteiger partial charge in [0.2, 0.25) is 0 Å². The van der Waals surface area contributed by atoms with Gasteiger partial charge in [0.1, 0.15) is 6.07 Å². The van der Waals surface area contributed by atoms with Crippen molar-refractivity contribution in [3.63, 3.8) is 0 Å². The molecule has 0 radical (unpaired) electrons. The Morgan fingerprint density at radius 1 is 1.11 bits per heavy atom. The van der Waals surface area contributed by atoms with Crippen LogP contribution in [0, 0.1) is 32.1 Å². The van der Waals surface area contributed by atoms with E-state index in [9.17, 15) is 0 Å². The Balaban J connectivity index is 1.69. The van der Waals surface area contributed by atoms with E-state index in [1.807, 2.05) is 38.5 Å². The third-order valence-corrected chi connectivity index (χ3v) is 5.27. The van der Waals surface area contributed by atoms with Gasteiger partial charge in [-0.15, -0.1) is 10.2 Å². The maximum Gasteiger partial charge on any atom is 0.166 e. The molecule has 0 spiro atoms. The average molecular weight is 356 g/mol. The van der Waals surface area contributed by atoms with E-state index >= 15 is 0 Å². The van der Waals surface area contributed by atoms with E-state index in [2.05, 4.69) is 39.1 Å². The van der Waals surface area contributed by atoms with Gasteiger partial charge >= 0.3 is 0 Å². The fourth-order valence-corrected chi connectivity index (χ4v) is 3.55. The van der Waals surface area contributed by atoms with Crippen LogP contribution in [0.2, 0.25) is 0 Å². The zero-order valence-electron chi connectivity index (χ0n) is 15.7. The van der Waals surface area contributed by atoms with E-state index in [-0.39, 0.29) is 0 Å². The van der Waals surface area contributed by atoms with Crippen LogP contribution in [0.15, 0.2) is 30.7 Å². The topological polar surface area (TPSA) is 78.6 Å². The van der Waals surface area contributed by atoms with Gasteiger partial charge in [0.05, 0.1) is 0 Å². The molecule has 0 saturated carbocycles. The number of anilines is 1. The first-order valence-electron chi connectivity index (χ1n) is 8.96. The normalized spacial score (nSPS) is 13.2. The van der Waals surface area contributed by atoms with Crippen molar-refractivity contribution in [3.05, 3.63) is 64.4 Å². The fraction of sp³-hybridized carbons (Fsp3) is 0.286. The largest absolute Gasteiger partial charge is 0.350 e. The van der Waals surface area contributed by atoms with Crippen LogP contribution in [-0.2, 0) is 13.0 Å². The summed E-state index contributed by atoms with van der Waals surface area (Å²) in [5, 5.41) is 17.6. The Kier molecular flexibility index (Phi) is 4.28. The number of hydrogen-bond donors (Lipinski definition) is 0. The molecule has 6 nitrogen and oxygen atoms in total. The van der Waals surface area contributed by atoms with Crippen LogP contribution in [0.3, 0.4) is 0 Å². The number of pyridine rings is 2. The minimum Gasteiger partial charge on any atom is -0.350 e. The van der Waals surface area contributed by atoms with Gasteiger partial charge in [-0.2, -0.15) is 5.26 Å². The number of aryl methyl sites for hydroxylation is 1. The van der Waals surface area contributed by atoms with Crippen LogP contribution in [0.5, 0.6) is 0 Å². The molecule has 27 heavy (non-hydrogen) atoms. The smallest absolute Gasteiger partial charge is 0.166 e.